The van der Waals surface area contributed by atoms with E-state index in [-0.39, 0.29) is 46.8 Å². The molecule has 0 spiro atoms. The average molecular weight is 728 g/mol. The summed E-state index contributed by atoms with van der Waals surface area (Å²) in [5, 5.41) is 14.8. The van der Waals surface area contributed by atoms with Crippen molar-refractivity contribution in [2.75, 3.05) is 52.4 Å². The average Bonchev–Trinajstić information content (AvgIpc) is 3.69. The van der Waals surface area contributed by atoms with Crippen molar-refractivity contribution in [2.45, 2.75) is 38.0 Å². The molecule has 2 fully saturated rings. The van der Waals surface area contributed by atoms with Crippen LogP contribution in [0.2, 0.25) is 0 Å². The van der Waals surface area contributed by atoms with Crippen molar-refractivity contribution in [2.24, 2.45) is 0 Å². The van der Waals surface area contributed by atoms with E-state index in [1.165, 1.54) is 37.2 Å². The highest BCUT2D eigenvalue weighted by molar-refractivity contribution is 5.98. The van der Waals surface area contributed by atoms with Gasteiger partial charge in [-0.15, -0.1) is 0 Å². The fraction of sp³-hybridized carbons (Fsp3) is 0.371. The van der Waals surface area contributed by atoms with Gasteiger partial charge in [-0.05, 0) is 55.7 Å². The molecule has 2 aromatic carbocycles. The lowest BCUT2D eigenvalue weighted by Gasteiger charge is -2.23. The zero-order valence-electron chi connectivity index (χ0n) is 28.6. The van der Waals surface area contributed by atoms with Crippen LogP contribution >= 0.6 is 0 Å². The van der Waals surface area contributed by atoms with Gasteiger partial charge >= 0.3 is 6.03 Å². The van der Waals surface area contributed by atoms with E-state index in [1.807, 2.05) is 0 Å². The van der Waals surface area contributed by atoms with Crippen molar-refractivity contribution in [1.82, 2.24) is 30.5 Å². The second kappa shape index (κ2) is 16.1. The maximum absolute atomic E-state index is 14.5. The van der Waals surface area contributed by atoms with Gasteiger partial charge in [-0.25, -0.2) is 32.0 Å². The highest BCUT2D eigenvalue weighted by atomic mass is 19.2. The number of aromatic nitrogens is 3. The molecule has 3 N–H and O–H groups in total. The number of nitrogens with zero attached hydrogens (tertiary/aromatic N) is 4. The minimum atomic E-state index is -1.14. The molecular weight excluding hydrogens is 690 g/mol. The fourth-order valence-electron chi connectivity index (χ4n) is 6.08. The number of carbonyl (C=O) groups is 2. The predicted octanol–water partition coefficient (Wildman–Crippen LogP) is 4.84. The van der Waals surface area contributed by atoms with Gasteiger partial charge in [0.25, 0.3) is 5.91 Å². The summed E-state index contributed by atoms with van der Waals surface area (Å²) in [5.41, 5.74) is 1.55. The van der Waals surface area contributed by atoms with Gasteiger partial charge in [0.2, 0.25) is 5.88 Å². The summed E-state index contributed by atoms with van der Waals surface area (Å²) in [6.45, 7) is 3.49. The molecule has 52 heavy (non-hydrogen) atoms. The third-order valence-electron chi connectivity index (χ3n) is 8.78. The molecule has 0 radical (unpaired) electrons. The Morgan fingerprint density at radius 3 is 2.38 bits per heavy atom. The highest BCUT2D eigenvalue weighted by Gasteiger charge is 2.37. The van der Waals surface area contributed by atoms with E-state index in [0.29, 0.717) is 50.3 Å². The maximum atomic E-state index is 14.5. The third-order valence-corrected chi connectivity index (χ3v) is 8.78. The lowest BCUT2D eigenvalue weighted by atomic mass is 10.0. The number of pyridine rings is 1. The van der Waals surface area contributed by atoms with E-state index in [9.17, 15) is 27.2 Å². The van der Waals surface area contributed by atoms with Crippen molar-refractivity contribution in [3.8, 4) is 22.8 Å². The largest absolute Gasteiger partial charge is 0.480 e. The van der Waals surface area contributed by atoms with Crippen LogP contribution in [0.3, 0.4) is 0 Å². The Kier molecular flexibility index (Phi) is 11.3. The number of anilines is 1. The quantitative estimate of drug-likeness (QED) is 0.185. The summed E-state index contributed by atoms with van der Waals surface area (Å²) in [7, 11) is 2.91. The molecule has 2 saturated heterocycles. The maximum Gasteiger partial charge on any atom is 0.320 e. The van der Waals surface area contributed by atoms with E-state index in [4.69, 9.17) is 19.0 Å². The molecule has 2 aliphatic heterocycles. The van der Waals surface area contributed by atoms with Gasteiger partial charge in [0.05, 0.1) is 31.1 Å². The standard InChI is InChI=1S/C35H37F4N7O6/c1-19-30(21-14-24(34(50-3)40-17-21)33(47)41-22-8-11-51-12-9-22)44-46(23-5-7-26(37)28(39)16-23)32(19)43-35(48)42-29-18-45(10-13-49-2)52-31(29)20-4-6-25(36)27(38)15-20/h4-7,14-17,22,29,31H,8-13,18H2,1-3H3,(H,41,47)(H2,42,43,48)/t29-,31+/m1/s1. The molecule has 2 aromatic heterocycles. The molecule has 4 aromatic rings. The first kappa shape index (κ1) is 36.7. The summed E-state index contributed by atoms with van der Waals surface area (Å²) < 4.78 is 73.5. The predicted molar refractivity (Wildman–Crippen MR) is 179 cm³/mol. The molecule has 4 heterocycles. The van der Waals surface area contributed by atoms with Gasteiger partial charge in [-0.2, -0.15) is 10.2 Å². The molecule has 0 unspecified atom stereocenters. The zero-order valence-corrected chi connectivity index (χ0v) is 28.6. The van der Waals surface area contributed by atoms with Crippen molar-refractivity contribution in [3.05, 3.63) is 88.6 Å². The fourth-order valence-corrected chi connectivity index (χ4v) is 6.08. The molecule has 3 amide bonds. The highest BCUT2D eigenvalue weighted by Crippen LogP contribution is 2.34. The van der Waals surface area contributed by atoms with Crippen LogP contribution in [0, 0.1) is 30.2 Å². The second-order valence-electron chi connectivity index (χ2n) is 12.3. The van der Waals surface area contributed by atoms with Crippen LogP contribution in [0.5, 0.6) is 5.88 Å². The summed E-state index contributed by atoms with van der Waals surface area (Å²) in [6.07, 6.45) is 1.85. The summed E-state index contributed by atoms with van der Waals surface area (Å²) in [5.74, 6) is -4.58. The SMILES string of the molecule is COCCN1C[C@@H](NC(=O)Nc2c(C)c(-c3cnc(OC)c(C(=O)NC4CCOCC4)c3)nn2-c2ccc(F)c(F)c2)[C@H](c2ccc(F)c(F)c2)O1. The number of urea groups is 1. The Bertz CT molecular complexity index is 1940. The van der Waals surface area contributed by atoms with Crippen LogP contribution in [0.1, 0.15) is 40.4 Å². The van der Waals surface area contributed by atoms with E-state index >= 15 is 0 Å². The number of benzene rings is 2. The smallest absolute Gasteiger partial charge is 0.320 e. The Morgan fingerprint density at radius 1 is 0.962 bits per heavy atom. The molecule has 2 atom stereocenters. The number of nitrogens with one attached hydrogen (secondary N) is 3. The first-order chi connectivity index (χ1) is 25.1. The van der Waals surface area contributed by atoms with Gasteiger partial charge < -0.3 is 24.8 Å². The Labute approximate surface area is 296 Å². The Hall–Kier alpha value is -5.10. The number of ether oxygens (including phenoxy) is 3. The molecular formula is C35H37F4N7O6. The van der Waals surface area contributed by atoms with Gasteiger partial charge in [-0.1, -0.05) is 6.07 Å². The minimum Gasteiger partial charge on any atom is -0.480 e. The summed E-state index contributed by atoms with van der Waals surface area (Å²) in [4.78, 5) is 37.4. The molecule has 0 aliphatic carbocycles. The number of hydrogen-bond donors (Lipinski definition) is 3. The van der Waals surface area contributed by atoms with Gasteiger partial charge in [0.15, 0.2) is 23.3 Å². The normalized spacial score (nSPS) is 18.0. The van der Waals surface area contributed by atoms with E-state index in [0.717, 1.165) is 24.3 Å². The number of hydroxylamine groups is 2. The first-order valence-electron chi connectivity index (χ1n) is 16.5. The van der Waals surface area contributed by atoms with Crippen LogP contribution in [-0.4, -0.2) is 91.0 Å². The van der Waals surface area contributed by atoms with Crippen LogP contribution in [0.15, 0.2) is 48.7 Å². The number of amides is 3. The Balaban J connectivity index is 1.32. The molecule has 17 heteroatoms. The zero-order chi connectivity index (χ0) is 36.9. The minimum absolute atomic E-state index is 0.0807. The lowest BCUT2D eigenvalue weighted by Crippen LogP contribution is -2.42. The summed E-state index contributed by atoms with van der Waals surface area (Å²) in [6, 6.07) is 6.44. The number of halogens is 4. The second-order valence-corrected chi connectivity index (χ2v) is 12.3. The summed E-state index contributed by atoms with van der Waals surface area (Å²) >= 11 is 0. The topological polar surface area (TPSA) is 141 Å². The molecule has 0 bridgehead atoms. The van der Waals surface area contributed by atoms with Gasteiger partial charge in [-0.3, -0.25) is 14.9 Å². The Morgan fingerprint density at radius 2 is 1.69 bits per heavy atom. The van der Waals surface area contributed by atoms with Gasteiger partial charge in [0.1, 0.15) is 17.5 Å². The monoisotopic (exact) mass is 727 g/mol. The van der Waals surface area contributed by atoms with E-state index < -0.39 is 47.4 Å². The molecule has 6 rings (SSSR count). The first-order valence-corrected chi connectivity index (χ1v) is 16.5. The van der Waals surface area contributed by atoms with Crippen LogP contribution in [-0.2, 0) is 14.3 Å². The third kappa shape index (κ3) is 8.02. The number of methoxy groups -OCH3 is 2. The van der Waals surface area contributed by atoms with Crippen LogP contribution < -0.4 is 20.7 Å². The van der Waals surface area contributed by atoms with Crippen molar-refractivity contribution in [1.29, 1.82) is 0 Å². The van der Waals surface area contributed by atoms with E-state index in [2.05, 4.69) is 26.0 Å². The van der Waals surface area contributed by atoms with Crippen molar-refractivity contribution >= 4 is 17.8 Å². The van der Waals surface area contributed by atoms with Gasteiger partial charge in [0, 0.05) is 62.8 Å². The molecule has 276 valence electrons. The number of carbonyl (C=O) groups excluding carboxylic acids is 2. The lowest BCUT2D eigenvalue weighted by molar-refractivity contribution is -0.154. The number of hydrogen-bond acceptors (Lipinski definition) is 9. The van der Waals surface area contributed by atoms with Crippen molar-refractivity contribution in [3.63, 3.8) is 0 Å². The van der Waals surface area contributed by atoms with Crippen molar-refractivity contribution < 1.29 is 46.2 Å². The van der Waals surface area contributed by atoms with E-state index in [1.54, 1.807) is 18.1 Å². The number of rotatable bonds is 11. The molecule has 2 aliphatic rings. The van der Waals surface area contributed by atoms with Crippen LogP contribution in [0.25, 0.3) is 16.9 Å². The molecule has 0 saturated carbocycles. The van der Waals surface area contributed by atoms with Crippen LogP contribution in [0.4, 0.5) is 28.2 Å². The molecule has 13 nitrogen and oxygen atoms in total.